The van der Waals surface area contributed by atoms with E-state index >= 15 is 0 Å². The lowest BCUT2D eigenvalue weighted by atomic mass is 10.0. The van der Waals surface area contributed by atoms with Crippen molar-refractivity contribution in [3.63, 3.8) is 0 Å². The van der Waals surface area contributed by atoms with Crippen LogP contribution in [0.4, 0.5) is 5.69 Å². The van der Waals surface area contributed by atoms with E-state index in [-0.39, 0.29) is 0 Å². The smallest absolute Gasteiger partial charge is 0.140 e. The molecule has 0 radical (unpaired) electrons. The maximum atomic E-state index is 8.05. The topological polar surface area (TPSA) is 47.9 Å². The van der Waals surface area contributed by atoms with E-state index in [1.807, 2.05) is 17.5 Å². The van der Waals surface area contributed by atoms with Crippen molar-refractivity contribution in [2.75, 3.05) is 18.4 Å². The number of hydrogen-bond donors (Lipinski definition) is 3. The fourth-order valence-electron chi connectivity index (χ4n) is 2.38. The molecule has 1 aliphatic heterocycles. The van der Waals surface area contributed by atoms with Gasteiger partial charge in [0.1, 0.15) is 5.84 Å². The molecule has 0 unspecified atom stereocenters. The highest BCUT2D eigenvalue weighted by atomic mass is 32.1. The molecule has 3 rings (SSSR count). The second-order valence-corrected chi connectivity index (χ2v) is 5.66. The number of anilines is 1. The standard InChI is InChI=1S/C15H17N3S/c16-15(14-2-1-9-19-14)18-13-4-3-11-5-7-17-8-6-12(11)10-13/h1-4,9-10,17H,5-8H2,(H2,16,18). The summed E-state index contributed by atoms with van der Waals surface area (Å²) in [5, 5.41) is 16.7. The Hall–Kier alpha value is -1.65. The van der Waals surface area contributed by atoms with E-state index < -0.39 is 0 Å². The maximum Gasteiger partial charge on any atom is 0.140 e. The van der Waals surface area contributed by atoms with Crippen LogP contribution in [0.5, 0.6) is 0 Å². The number of amidine groups is 1. The highest BCUT2D eigenvalue weighted by molar-refractivity contribution is 7.12. The van der Waals surface area contributed by atoms with Gasteiger partial charge in [0.25, 0.3) is 0 Å². The van der Waals surface area contributed by atoms with E-state index in [2.05, 4.69) is 28.8 Å². The van der Waals surface area contributed by atoms with Crippen LogP contribution < -0.4 is 10.6 Å². The lowest BCUT2D eigenvalue weighted by molar-refractivity contribution is 0.711. The van der Waals surface area contributed by atoms with Gasteiger partial charge >= 0.3 is 0 Å². The van der Waals surface area contributed by atoms with Crippen LogP contribution in [0, 0.1) is 5.41 Å². The Kier molecular flexibility index (Phi) is 3.62. The van der Waals surface area contributed by atoms with Crippen molar-refractivity contribution in [1.29, 1.82) is 5.41 Å². The number of nitrogens with one attached hydrogen (secondary N) is 3. The van der Waals surface area contributed by atoms with Crippen LogP contribution in [0.25, 0.3) is 0 Å². The second kappa shape index (κ2) is 5.55. The Morgan fingerprint density at radius 2 is 2.00 bits per heavy atom. The summed E-state index contributed by atoms with van der Waals surface area (Å²) in [6, 6.07) is 10.4. The lowest BCUT2D eigenvalue weighted by Gasteiger charge is -2.10. The van der Waals surface area contributed by atoms with E-state index in [9.17, 15) is 0 Å². The Balaban J connectivity index is 1.78. The normalized spacial score (nSPS) is 14.5. The summed E-state index contributed by atoms with van der Waals surface area (Å²) >= 11 is 1.59. The first-order chi connectivity index (χ1) is 9.33. The van der Waals surface area contributed by atoms with E-state index in [1.54, 1.807) is 11.3 Å². The Labute approximate surface area is 117 Å². The third-order valence-electron chi connectivity index (χ3n) is 3.39. The third kappa shape index (κ3) is 2.85. The van der Waals surface area contributed by atoms with Gasteiger partial charge in [0.2, 0.25) is 0 Å². The van der Waals surface area contributed by atoms with Crippen molar-refractivity contribution in [3.05, 3.63) is 51.7 Å². The van der Waals surface area contributed by atoms with Crippen LogP contribution in [0.3, 0.4) is 0 Å². The molecule has 19 heavy (non-hydrogen) atoms. The van der Waals surface area contributed by atoms with Gasteiger partial charge in [0, 0.05) is 5.69 Å². The largest absolute Gasteiger partial charge is 0.340 e. The minimum atomic E-state index is 0.474. The molecule has 1 aliphatic rings. The van der Waals surface area contributed by atoms with Gasteiger partial charge in [-0.1, -0.05) is 12.1 Å². The molecular weight excluding hydrogens is 254 g/mol. The van der Waals surface area contributed by atoms with Crippen LogP contribution in [0.2, 0.25) is 0 Å². The first kappa shape index (κ1) is 12.4. The number of rotatable bonds is 2. The zero-order valence-electron chi connectivity index (χ0n) is 10.7. The molecule has 0 aliphatic carbocycles. The van der Waals surface area contributed by atoms with Crippen LogP contribution in [-0.4, -0.2) is 18.9 Å². The molecule has 0 saturated heterocycles. The van der Waals surface area contributed by atoms with Crippen molar-refractivity contribution >= 4 is 22.9 Å². The molecule has 2 heterocycles. The van der Waals surface area contributed by atoms with Crippen molar-refractivity contribution in [2.45, 2.75) is 12.8 Å². The average molecular weight is 271 g/mol. The molecule has 1 aromatic heterocycles. The van der Waals surface area contributed by atoms with Gasteiger partial charge in [-0.2, -0.15) is 0 Å². The van der Waals surface area contributed by atoms with Gasteiger partial charge in [-0.15, -0.1) is 11.3 Å². The van der Waals surface area contributed by atoms with Gasteiger partial charge in [-0.05, 0) is 60.6 Å². The fourth-order valence-corrected chi connectivity index (χ4v) is 3.01. The number of fused-ring (bicyclic) bond motifs is 1. The second-order valence-electron chi connectivity index (χ2n) is 4.71. The summed E-state index contributed by atoms with van der Waals surface area (Å²) in [6.07, 6.45) is 2.16. The SMILES string of the molecule is N=C(Nc1ccc2c(c1)CCNCC2)c1cccs1. The molecule has 98 valence electrons. The van der Waals surface area contributed by atoms with Crippen molar-refractivity contribution < 1.29 is 0 Å². The predicted molar refractivity (Wildman–Crippen MR) is 81.5 cm³/mol. The summed E-state index contributed by atoms with van der Waals surface area (Å²) in [6.45, 7) is 2.10. The maximum absolute atomic E-state index is 8.05. The van der Waals surface area contributed by atoms with Crippen molar-refractivity contribution in [1.82, 2.24) is 5.32 Å². The van der Waals surface area contributed by atoms with Gasteiger partial charge in [-0.3, -0.25) is 5.41 Å². The number of thiophene rings is 1. The van der Waals surface area contributed by atoms with E-state index in [1.165, 1.54) is 11.1 Å². The summed E-state index contributed by atoms with van der Waals surface area (Å²) in [5.74, 6) is 0.474. The molecule has 0 fully saturated rings. The minimum Gasteiger partial charge on any atom is -0.340 e. The summed E-state index contributed by atoms with van der Waals surface area (Å²) in [4.78, 5) is 0.969. The number of benzene rings is 1. The van der Waals surface area contributed by atoms with Gasteiger partial charge in [-0.25, -0.2) is 0 Å². The Morgan fingerprint density at radius 3 is 2.79 bits per heavy atom. The molecule has 3 nitrogen and oxygen atoms in total. The third-order valence-corrected chi connectivity index (χ3v) is 4.27. The summed E-state index contributed by atoms with van der Waals surface area (Å²) in [5.41, 5.74) is 3.84. The first-order valence-corrected chi connectivity index (χ1v) is 7.43. The quantitative estimate of drug-likeness (QED) is 0.581. The van der Waals surface area contributed by atoms with Crippen molar-refractivity contribution in [3.8, 4) is 0 Å². The van der Waals surface area contributed by atoms with Crippen molar-refractivity contribution in [2.24, 2.45) is 0 Å². The molecule has 0 bridgehead atoms. The van der Waals surface area contributed by atoms with Crippen LogP contribution in [-0.2, 0) is 12.8 Å². The molecule has 0 atom stereocenters. The first-order valence-electron chi connectivity index (χ1n) is 6.55. The van der Waals surface area contributed by atoms with E-state index in [0.717, 1.165) is 36.5 Å². The minimum absolute atomic E-state index is 0.474. The zero-order valence-corrected chi connectivity index (χ0v) is 11.5. The summed E-state index contributed by atoms with van der Waals surface area (Å²) < 4.78 is 0. The van der Waals surface area contributed by atoms with Gasteiger partial charge in [0.05, 0.1) is 4.88 Å². The van der Waals surface area contributed by atoms with Crippen LogP contribution >= 0.6 is 11.3 Å². The van der Waals surface area contributed by atoms with Gasteiger partial charge in [0.15, 0.2) is 0 Å². The van der Waals surface area contributed by atoms with E-state index in [0.29, 0.717) is 5.84 Å². The van der Waals surface area contributed by atoms with Gasteiger partial charge < -0.3 is 10.6 Å². The summed E-state index contributed by atoms with van der Waals surface area (Å²) in [7, 11) is 0. The molecular formula is C15H17N3S. The van der Waals surface area contributed by atoms with Crippen LogP contribution in [0.1, 0.15) is 16.0 Å². The Morgan fingerprint density at radius 1 is 1.16 bits per heavy atom. The van der Waals surface area contributed by atoms with Crippen LogP contribution in [0.15, 0.2) is 35.7 Å². The monoisotopic (exact) mass is 271 g/mol. The Bertz CT molecular complexity index is 575. The molecule has 2 aromatic rings. The predicted octanol–water partition coefficient (Wildman–Crippen LogP) is 2.87. The highest BCUT2D eigenvalue weighted by Gasteiger charge is 2.09. The highest BCUT2D eigenvalue weighted by Crippen LogP contribution is 2.20. The molecule has 4 heteroatoms. The molecule has 1 aromatic carbocycles. The van der Waals surface area contributed by atoms with E-state index in [4.69, 9.17) is 5.41 Å². The molecule has 0 spiro atoms. The number of hydrogen-bond acceptors (Lipinski definition) is 3. The molecule has 3 N–H and O–H groups in total. The molecule has 0 amide bonds. The average Bonchev–Trinajstić information content (AvgIpc) is 2.85. The fraction of sp³-hybridized carbons (Fsp3) is 0.267. The zero-order chi connectivity index (χ0) is 13.1. The lowest BCUT2D eigenvalue weighted by Crippen LogP contribution is -2.16. The molecule has 0 saturated carbocycles.